The number of nitro groups is 1. The van der Waals surface area contributed by atoms with Crippen molar-refractivity contribution >= 4 is 28.0 Å². The number of non-ortho nitro benzene ring substituents is 1. The number of halogens is 1. The standard InChI is InChI=1S/C14H10FN3O2/c15-12-8-11(18(19)20)2-4-14(12)17-10-1-3-13-9(7-10)5-6-16-13/h1-8,16-17H. The molecule has 0 radical (unpaired) electrons. The Labute approximate surface area is 113 Å². The molecule has 0 spiro atoms. The fourth-order valence-corrected chi connectivity index (χ4v) is 2.01. The molecule has 0 aliphatic heterocycles. The fourth-order valence-electron chi connectivity index (χ4n) is 2.01. The SMILES string of the molecule is O=[N+]([O-])c1ccc(Nc2ccc3[nH]ccc3c2)c(F)c1. The van der Waals surface area contributed by atoms with Crippen LogP contribution in [0.5, 0.6) is 0 Å². The lowest BCUT2D eigenvalue weighted by molar-refractivity contribution is -0.385. The fraction of sp³-hybridized carbons (Fsp3) is 0. The van der Waals surface area contributed by atoms with E-state index in [-0.39, 0.29) is 11.4 Å². The highest BCUT2D eigenvalue weighted by Crippen LogP contribution is 2.25. The number of fused-ring (bicyclic) bond motifs is 1. The quantitative estimate of drug-likeness (QED) is 0.559. The molecular formula is C14H10FN3O2. The van der Waals surface area contributed by atoms with Crippen LogP contribution in [0.2, 0.25) is 0 Å². The van der Waals surface area contributed by atoms with Crippen molar-refractivity contribution in [2.24, 2.45) is 0 Å². The molecule has 0 saturated heterocycles. The number of nitrogens with zero attached hydrogens (tertiary/aromatic N) is 1. The Balaban J connectivity index is 1.92. The molecule has 6 heteroatoms. The minimum atomic E-state index is -0.659. The lowest BCUT2D eigenvalue weighted by Gasteiger charge is -2.07. The minimum Gasteiger partial charge on any atom is -0.361 e. The van der Waals surface area contributed by atoms with Gasteiger partial charge in [-0.05, 0) is 30.3 Å². The van der Waals surface area contributed by atoms with Gasteiger partial charge in [-0.2, -0.15) is 0 Å². The van der Waals surface area contributed by atoms with Crippen molar-refractivity contribution in [1.82, 2.24) is 4.98 Å². The highest BCUT2D eigenvalue weighted by molar-refractivity contribution is 5.84. The van der Waals surface area contributed by atoms with E-state index < -0.39 is 10.7 Å². The first kappa shape index (κ1) is 12.2. The number of benzene rings is 2. The van der Waals surface area contributed by atoms with E-state index in [4.69, 9.17) is 0 Å². The maximum atomic E-state index is 13.8. The van der Waals surface area contributed by atoms with Crippen molar-refractivity contribution in [2.75, 3.05) is 5.32 Å². The monoisotopic (exact) mass is 271 g/mol. The number of rotatable bonds is 3. The molecule has 1 heterocycles. The number of nitrogens with one attached hydrogen (secondary N) is 2. The predicted octanol–water partition coefficient (Wildman–Crippen LogP) is 3.96. The van der Waals surface area contributed by atoms with Gasteiger partial charge in [0, 0.05) is 28.9 Å². The highest BCUT2D eigenvalue weighted by atomic mass is 19.1. The maximum Gasteiger partial charge on any atom is 0.272 e. The van der Waals surface area contributed by atoms with Crippen molar-refractivity contribution in [3.05, 3.63) is 64.6 Å². The molecule has 3 rings (SSSR count). The summed E-state index contributed by atoms with van der Waals surface area (Å²) in [5.41, 5.74) is 1.63. The Kier molecular flexibility index (Phi) is 2.83. The average Bonchev–Trinajstić information content (AvgIpc) is 2.88. The van der Waals surface area contributed by atoms with Gasteiger partial charge in [-0.1, -0.05) is 0 Å². The average molecular weight is 271 g/mol. The number of nitro benzene ring substituents is 1. The summed E-state index contributed by atoms with van der Waals surface area (Å²) < 4.78 is 13.8. The van der Waals surface area contributed by atoms with Gasteiger partial charge in [-0.15, -0.1) is 0 Å². The maximum absolute atomic E-state index is 13.8. The second-order valence-electron chi connectivity index (χ2n) is 4.33. The zero-order valence-corrected chi connectivity index (χ0v) is 10.3. The summed E-state index contributed by atoms with van der Waals surface area (Å²) >= 11 is 0. The van der Waals surface area contributed by atoms with Crippen molar-refractivity contribution in [1.29, 1.82) is 0 Å². The van der Waals surface area contributed by atoms with Gasteiger partial charge in [-0.3, -0.25) is 10.1 Å². The number of aromatic nitrogens is 1. The number of hydrogen-bond acceptors (Lipinski definition) is 3. The molecule has 100 valence electrons. The van der Waals surface area contributed by atoms with Gasteiger partial charge in [0.15, 0.2) is 5.82 Å². The number of hydrogen-bond donors (Lipinski definition) is 2. The lowest BCUT2D eigenvalue weighted by Crippen LogP contribution is -1.95. The van der Waals surface area contributed by atoms with Crippen molar-refractivity contribution in [3.8, 4) is 0 Å². The molecule has 2 N–H and O–H groups in total. The van der Waals surface area contributed by atoms with Crippen molar-refractivity contribution in [3.63, 3.8) is 0 Å². The molecular weight excluding hydrogens is 261 g/mol. The molecule has 0 unspecified atom stereocenters. The van der Waals surface area contributed by atoms with Crippen LogP contribution >= 0.6 is 0 Å². The van der Waals surface area contributed by atoms with Crippen LogP contribution in [0.25, 0.3) is 10.9 Å². The molecule has 2 aromatic carbocycles. The summed E-state index contributed by atoms with van der Waals surface area (Å²) in [6.45, 7) is 0. The topological polar surface area (TPSA) is 71.0 Å². The molecule has 0 fully saturated rings. The third-order valence-electron chi connectivity index (χ3n) is 3.00. The highest BCUT2D eigenvalue weighted by Gasteiger charge is 2.10. The van der Waals surface area contributed by atoms with E-state index >= 15 is 0 Å². The van der Waals surface area contributed by atoms with Crippen LogP contribution in [0.4, 0.5) is 21.5 Å². The van der Waals surface area contributed by atoms with Gasteiger partial charge in [0.05, 0.1) is 16.7 Å². The molecule has 1 aromatic heterocycles. The van der Waals surface area contributed by atoms with Crippen LogP contribution in [0.15, 0.2) is 48.7 Å². The number of aromatic amines is 1. The summed E-state index contributed by atoms with van der Waals surface area (Å²) in [7, 11) is 0. The Bertz CT molecular complexity index is 798. The molecule has 3 aromatic rings. The first-order valence-electron chi connectivity index (χ1n) is 5.91. The molecule has 0 aliphatic carbocycles. The van der Waals surface area contributed by atoms with Crippen LogP contribution in [0, 0.1) is 15.9 Å². The zero-order valence-electron chi connectivity index (χ0n) is 10.3. The normalized spacial score (nSPS) is 10.7. The molecule has 20 heavy (non-hydrogen) atoms. The van der Waals surface area contributed by atoms with E-state index in [1.165, 1.54) is 12.1 Å². The summed E-state index contributed by atoms with van der Waals surface area (Å²) in [5.74, 6) is -0.659. The van der Waals surface area contributed by atoms with Crippen LogP contribution in [0.1, 0.15) is 0 Å². The van der Waals surface area contributed by atoms with E-state index in [0.29, 0.717) is 5.69 Å². The summed E-state index contributed by atoms with van der Waals surface area (Å²) in [5, 5.41) is 14.5. The van der Waals surface area contributed by atoms with Gasteiger partial charge in [0.1, 0.15) is 0 Å². The Morgan fingerprint density at radius 2 is 2.00 bits per heavy atom. The van der Waals surface area contributed by atoms with Gasteiger partial charge < -0.3 is 10.3 Å². The largest absolute Gasteiger partial charge is 0.361 e. The molecule has 0 aliphatic rings. The summed E-state index contributed by atoms with van der Waals surface area (Å²) in [6, 6.07) is 11.0. The van der Waals surface area contributed by atoms with Gasteiger partial charge >= 0.3 is 0 Å². The van der Waals surface area contributed by atoms with Gasteiger partial charge in [0.2, 0.25) is 0 Å². The van der Waals surface area contributed by atoms with E-state index in [0.717, 1.165) is 17.0 Å². The van der Waals surface area contributed by atoms with Gasteiger partial charge in [0.25, 0.3) is 5.69 Å². The molecule has 0 saturated carbocycles. The van der Waals surface area contributed by atoms with E-state index in [1.807, 2.05) is 24.4 Å². The molecule has 0 amide bonds. The van der Waals surface area contributed by atoms with Gasteiger partial charge in [-0.25, -0.2) is 4.39 Å². The summed E-state index contributed by atoms with van der Waals surface area (Å²) in [6.07, 6.45) is 1.82. The first-order valence-corrected chi connectivity index (χ1v) is 5.91. The van der Waals surface area contributed by atoms with Crippen molar-refractivity contribution < 1.29 is 9.31 Å². The molecule has 0 atom stereocenters. The van der Waals surface area contributed by atoms with Crippen LogP contribution in [-0.2, 0) is 0 Å². The molecule has 5 nitrogen and oxygen atoms in total. The van der Waals surface area contributed by atoms with Crippen LogP contribution in [0.3, 0.4) is 0 Å². The van der Waals surface area contributed by atoms with E-state index in [9.17, 15) is 14.5 Å². The predicted molar refractivity (Wildman–Crippen MR) is 74.6 cm³/mol. The third kappa shape index (κ3) is 2.18. The van der Waals surface area contributed by atoms with Crippen LogP contribution in [-0.4, -0.2) is 9.91 Å². The third-order valence-corrected chi connectivity index (χ3v) is 3.00. The molecule has 0 bridgehead atoms. The Morgan fingerprint density at radius 1 is 1.15 bits per heavy atom. The second kappa shape index (κ2) is 4.65. The second-order valence-corrected chi connectivity index (χ2v) is 4.33. The van der Waals surface area contributed by atoms with Crippen LogP contribution < -0.4 is 5.32 Å². The summed E-state index contributed by atoms with van der Waals surface area (Å²) in [4.78, 5) is 13.0. The number of anilines is 2. The minimum absolute atomic E-state index is 0.200. The lowest BCUT2D eigenvalue weighted by atomic mass is 10.2. The Morgan fingerprint density at radius 3 is 2.75 bits per heavy atom. The smallest absolute Gasteiger partial charge is 0.272 e. The van der Waals surface area contributed by atoms with E-state index in [1.54, 1.807) is 6.07 Å². The first-order chi connectivity index (χ1) is 9.63. The Hall–Kier alpha value is -2.89. The zero-order chi connectivity index (χ0) is 14.1. The number of H-pyrrole nitrogens is 1. The van der Waals surface area contributed by atoms with Crippen molar-refractivity contribution in [2.45, 2.75) is 0 Å². The van der Waals surface area contributed by atoms with E-state index in [2.05, 4.69) is 10.3 Å².